The summed E-state index contributed by atoms with van der Waals surface area (Å²) >= 11 is 0. The number of ether oxygens (including phenoxy) is 2. The maximum Gasteiger partial charge on any atom is 0.303 e. The summed E-state index contributed by atoms with van der Waals surface area (Å²) in [6, 6.07) is 16.2. The van der Waals surface area contributed by atoms with Gasteiger partial charge in [-0.25, -0.2) is 0 Å². The summed E-state index contributed by atoms with van der Waals surface area (Å²) in [7, 11) is 0. The van der Waals surface area contributed by atoms with Gasteiger partial charge in [0.05, 0.1) is 0 Å². The van der Waals surface area contributed by atoms with Gasteiger partial charge in [0.15, 0.2) is 5.60 Å². The molecule has 2 aromatic rings. The van der Waals surface area contributed by atoms with Crippen molar-refractivity contribution >= 4 is 5.97 Å². The third-order valence-electron chi connectivity index (χ3n) is 5.31. The first kappa shape index (κ1) is 16.2. The molecule has 1 N–H and O–H groups in total. The predicted molar refractivity (Wildman–Crippen MR) is 95.4 cm³/mol. The van der Waals surface area contributed by atoms with E-state index in [2.05, 4.69) is 17.4 Å². The number of esters is 1. The Hall–Kier alpha value is -2.33. The molecule has 1 atom stereocenters. The van der Waals surface area contributed by atoms with Crippen molar-refractivity contribution in [3.63, 3.8) is 0 Å². The third kappa shape index (κ3) is 2.71. The average molecular weight is 337 g/mol. The van der Waals surface area contributed by atoms with Gasteiger partial charge in [-0.05, 0) is 37.6 Å². The van der Waals surface area contributed by atoms with Crippen molar-refractivity contribution in [3.8, 4) is 5.75 Å². The molecule has 1 unspecified atom stereocenters. The number of carbonyl (C=O) groups is 1. The van der Waals surface area contributed by atoms with Gasteiger partial charge in [-0.15, -0.1) is 0 Å². The van der Waals surface area contributed by atoms with E-state index in [0.717, 1.165) is 48.4 Å². The zero-order chi connectivity index (χ0) is 17.3. The Kier molecular flexibility index (Phi) is 4.22. The van der Waals surface area contributed by atoms with Gasteiger partial charge in [-0.3, -0.25) is 4.79 Å². The molecule has 25 heavy (non-hydrogen) atoms. The van der Waals surface area contributed by atoms with Crippen molar-refractivity contribution in [2.24, 2.45) is 5.92 Å². The van der Waals surface area contributed by atoms with Crippen LogP contribution >= 0.6 is 0 Å². The van der Waals surface area contributed by atoms with Gasteiger partial charge in [0.25, 0.3) is 0 Å². The van der Waals surface area contributed by atoms with Crippen LogP contribution in [0.3, 0.4) is 0 Å². The lowest BCUT2D eigenvalue weighted by atomic mass is 9.70. The fourth-order valence-corrected chi connectivity index (χ4v) is 4.30. The van der Waals surface area contributed by atoms with E-state index in [1.807, 2.05) is 36.4 Å². The van der Waals surface area contributed by atoms with Crippen LogP contribution in [0.1, 0.15) is 36.5 Å². The summed E-state index contributed by atoms with van der Waals surface area (Å²) in [5, 5.41) is 3.42. The fourth-order valence-electron chi connectivity index (χ4n) is 4.30. The Labute approximate surface area is 148 Å². The van der Waals surface area contributed by atoms with Gasteiger partial charge in [-0.2, -0.15) is 0 Å². The molecule has 2 heterocycles. The molecule has 0 radical (unpaired) electrons. The molecule has 2 aliphatic rings. The number of para-hydroxylation sites is 1. The number of hydrogen-bond donors (Lipinski definition) is 1. The van der Waals surface area contributed by atoms with Crippen LogP contribution in [0.5, 0.6) is 5.75 Å². The van der Waals surface area contributed by atoms with E-state index in [0.29, 0.717) is 6.61 Å². The number of carbonyl (C=O) groups excluding carboxylic acids is 1. The van der Waals surface area contributed by atoms with Crippen LogP contribution in [-0.4, -0.2) is 19.1 Å². The number of rotatable bonds is 2. The van der Waals surface area contributed by atoms with Crippen LogP contribution in [0, 0.1) is 5.92 Å². The average Bonchev–Trinajstić information content (AvgIpc) is 2.79. The molecule has 4 rings (SSSR count). The quantitative estimate of drug-likeness (QED) is 0.854. The molecule has 2 aliphatic heterocycles. The lowest BCUT2D eigenvalue weighted by Gasteiger charge is -2.43. The van der Waals surface area contributed by atoms with Gasteiger partial charge in [0.2, 0.25) is 0 Å². The van der Waals surface area contributed by atoms with Gasteiger partial charge in [0.1, 0.15) is 12.4 Å². The summed E-state index contributed by atoms with van der Waals surface area (Å²) in [5.41, 5.74) is 2.31. The molecule has 2 aromatic carbocycles. The highest BCUT2D eigenvalue weighted by molar-refractivity contribution is 5.68. The molecule has 0 aliphatic carbocycles. The van der Waals surface area contributed by atoms with E-state index in [4.69, 9.17) is 9.47 Å². The van der Waals surface area contributed by atoms with E-state index < -0.39 is 5.60 Å². The lowest BCUT2D eigenvalue weighted by Crippen LogP contribution is -2.45. The Bertz CT molecular complexity index is 733. The zero-order valence-electron chi connectivity index (χ0n) is 14.5. The monoisotopic (exact) mass is 337 g/mol. The lowest BCUT2D eigenvalue weighted by molar-refractivity contribution is -0.160. The first-order valence-electron chi connectivity index (χ1n) is 8.93. The molecular formula is C21H23NO3. The number of nitrogens with one attached hydrogen (secondary N) is 1. The second kappa shape index (κ2) is 6.52. The minimum absolute atomic E-state index is 0.210. The third-order valence-corrected chi connectivity index (χ3v) is 5.31. The van der Waals surface area contributed by atoms with E-state index >= 15 is 0 Å². The Morgan fingerprint density at radius 1 is 1.08 bits per heavy atom. The van der Waals surface area contributed by atoms with Crippen molar-refractivity contribution in [3.05, 3.63) is 65.2 Å². The van der Waals surface area contributed by atoms with E-state index in [1.54, 1.807) is 0 Å². The van der Waals surface area contributed by atoms with Gasteiger partial charge >= 0.3 is 5.97 Å². The topological polar surface area (TPSA) is 47.6 Å². The summed E-state index contributed by atoms with van der Waals surface area (Å²) in [6.45, 7) is 3.85. The summed E-state index contributed by atoms with van der Waals surface area (Å²) in [6.07, 6.45) is 1.91. The van der Waals surface area contributed by atoms with Crippen LogP contribution in [0.15, 0.2) is 48.5 Å². The number of piperidine rings is 1. The summed E-state index contributed by atoms with van der Waals surface area (Å²) in [4.78, 5) is 12.2. The van der Waals surface area contributed by atoms with Crippen molar-refractivity contribution < 1.29 is 14.3 Å². The van der Waals surface area contributed by atoms with E-state index in [1.165, 1.54) is 6.92 Å². The molecule has 0 saturated carbocycles. The predicted octanol–water partition coefficient (Wildman–Crippen LogP) is 3.39. The molecule has 0 aromatic heterocycles. The Morgan fingerprint density at radius 3 is 2.52 bits per heavy atom. The number of fused-ring (bicyclic) bond motifs is 2. The first-order valence-corrected chi connectivity index (χ1v) is 8.93. The number of hydrogen-bond acceptors (Lipinski definition) is 4. The second-order valence-electron chi connectivity index (χ2n) is 6.80. The van der Waals surface area contributed by atoms with Crippen LogP contribution in [-0.2, 0) is 21.7 Å². The normalized spacial score (nSPS) is 22.9. The van der Waals surface area contributed by atoms with Crippen molar-refractivity contribution in [1.82, 2.24) is 5.32 Å². The molecule has 0 spiro atoms. The standard InChI is InChI=1S/C21H23NO3/c1-15(23)25-21(17-10-12-22-13-11-17)18-7-3-2-6-16(18)14-24-20-9-5-4-8-19(20)21/h2-9,17,22H,10-14H2,1H3. The van der Waals surface area contributed by atoms with Gasteiger partial charge < -0.3 is 14.8 Å². The molecule has 4 nitrogen and oxygen atoms in total. The van der Waals surface area contributed by atoms with Crippen molar-refractivity contribution in [2.45, 2.75) is 32.0 Å². The summed E-state index contributed by atoms with van der Waals surface area (Å²) in [5.74, 6) is 0.755. The Morgan fingerprint density at radius 2 is 1.76 bits per heavy atom. The fraction of sp³-hybridized carbons (Fsp3) is 0.381. The Balaban J connectivity index is 2.00. The molecule has 4 heteroatoms. The molecular weight excluding hydrogens is 314 g/mol. The van der Waals surface area contributed by atoms with Crippen LogP contribution in [0.25, 0.3) is 0 Å². The zero-order valence-corrected chi connectivity index (χ0v) is 14.5. The summed E-state index contributed by atoms with van der Waals surface area (Å²) < 4.78 is 12.3. The van der Waals surface area contributed by atoms with Gasteiger partial charge in [0, 0.05) is 24.0 Å². The maximum absolute atomic E-state index is 12.2. The van der Waals surface area contributed by atoms with Crippen LogP contribution in [0.4, 0.5) is 0 Å². The molecule has 1 fully saturated rings. The SMILES string of the molecule is CC(=O)OC1(C2CCNCC2)c2ccccc2COc2ccccc21. The molecule has 1 saturated heterocycles. The molecule has 130 valence electrons. The van der Waals surface area contributed by atoms with E-state index in [-0.39, 0.29) is 11.9 Å². The maximum atomic E-state index is 12.2. The van der Waals surface area contributed by atoms with E-state index in [9.17, 15) is 4.79 Å². The van der Waals surface area contributed by atoms with Crippen LogP contribution < -0.4 is 10.1 Å². The first-order chi connectivity index (χ1) is 12.2. The minimum Gasteiger partial charge on any atom is -0.488 e. The minimum atomic E-state index is -0.794. The highest BCUT2D eigenvalue weighted by Gasteiger charge is 2.49. The highest BCUT2D eigenvalue weighted by Crippen LogP contribution is 2.50. The largest absolute Gasteiger partial charge is 0.488 e. The second-order valence-corrected chi connectivity index (χ2v) is 6.80. The molecule has 0 amide bonds. The van der Waals surface area contributed by atoms with Crippen LogP contribution in [0.2, 0.25) is 0 Å². The highest BCUT2D eigenvalue weighted by atomic mass is 16.6. The molecule has 0 bridgehead atoms. The van der Waals surface area contributed by atoms with Crippen molar-refractivity contribution in [1.29, 1.82) is 0 Å². The smallest absolute Gasteiger partial charge is 0.303 e. The van der Waals surface area contributed by atoms with Crippen molar-refractivity contribution in [2.75, 3.05) is 13.1 Å². The number of benzene rings is 2. The van der Waals surface area contributed by atoms with Gasteiger partial charge in [-0.1, -0.05) is 42.5 Å².